The Labute approximate surface area is 151 Å². The molecule has 3 aromatic rings. The lowest BCUT2D eigenvalue weighted by Gasteiger charge is -2.16. The van der Waals surface area contributed by atoms with E-state index >= 15 is 0 Å². The molecule has 1 N–H and O–H groups in total. The van der Waals surface area contributed by atoms with E-state index in [1.54, 1.807) is 12.3 Å². The van der Waals surface area contributed by atoms with E-state index in [1.165, 1.54) is 10.6 Å². The van der Waals surface area contributed by atoms with Crippen molar-refractivity contribution >= 4 is 45.8 Å². The lowest BCUT2D eigenvalue weighted by atomic mass is 10.1. The Balaban J connectivity index is 2.56. The highest BCUT2D eigenvalue weighted by molar-refractivity contribution is 6.41. The standard InChI is InChI=1S/C15H11Cl3N4O2/c1-6(2)10-11(8(16)3-4-19-10)22-13-7(14(23)21-15(22)24)5-9(17)12(18)20-13/h3-6H,1-2H3,(H,21,23,24). The van der Waals surface area contributed by atoms with E-state index < -0.39 is 11.2 Å². The molecule has 0 spiro atoms. The Bertz CT molecular complexity index is 1070. The highest BCUT2D eigenvalue weighted by atomic mass is 35.5. The van der Waals surface area contributed by atoms with Crippen LogP contribution in [0, 0.1) is 0 Å². The van der Waals surface area contributed by atoms with E-state index in [9.17, 15) is 9.59 Å². The predicted octanol–water partition coefficient (Wildman–Crippen LogP) is 3.55. The largest absolute Gasteiger partial charge is 0.334 e. The summed E-state index contributed by atoms with van der Waals surface area (Å²) in [4.78, 5) is 35.2. The molecule has 0 aromatic carbocycles. The molecule has 0 aliphatic rings. The fourth-order valence-corrected chi connectivity index (χ4v) is 2.93. The number of halogens is 3. The van der Waals surface area contributed by atoms with Gasteiger partial charge in [-0.15, -0.1) is 0 Å². The lowest BCUT2D eigenvalue weighted by Crippen LogP contribution is -2.31. The number of aromatic nitrogens is 4. The third-order valence-electron chi connectivity index (χ3n) is 3.47. The summed E-state index contributed by atoms with van der Waals surface area (Å²) >= 11 is 18.2. The number of nitrogens with one attached hydrogen (secondary N) is 1. The molecule has 0 saturated heterocycles. The average Bonchev–Trinajstić information content (AvgIpc) is 2.50. The Morgan fingerprint density at radius 2 is 1.88 bits per heavy atom. The summed E-state index contributed by atoms with van der Waals surface area (Å²) in [6.45, 7) is 3.83. The second kappa shape index (κ2) is 6.20. The van der Waals surface area contributed by atoms with Crippen molar-refractivity contribution in [1.29, 1.82) is 0 Å². The van der Waals surface area contributed by atoms with Crippen molar-refractivity contribution in [3.05, 3.63) is 60.1 Å². The molecule has 0 bridgehead atoms. The summed E-state index contributed by atoms with van der Waals surface area (Å²) in [5.74, 6) is -0.0182. The summed E-state index contributed by atoms with van der Waals surface area (Å²) in [5, 5.41) is 0.519. The van der Waals surface area contributed by atoms with E-state index in [4.69, 9.17) is 34.8 Å². The molecule has 0 unspecified atom stereocenters. The van der Waals surface area contributed by atoms with Crippen molar-refractivity contribution < 1.29 is 0 Å². The Morgan fingerprint density at radius 3 is 2.54 bits per heavy atom. The molecule has 0 aliphatic heterocycles. The summed E-state index contributed by atoms with van der Waals surface area (Å²) in [6.07, 6.45) is 1.55. The lowest BCUT2D eigenvalue weighted by molar-refractivity contribution is 0.793. The second-order valence-electron chi connectivity index (χ2n) is 5.41. The normalized spacial score (nSPS) is 11.4. The van der Waals surface area contributed by atoms with Crippen LogP contribution in [0.5, 0.6) is 0 Å². The fraction of sp³-hybridized carbons (Fsp3) is 0.200. The van der Waals surface area contributed by atoms with Gasteiger partial charge in [0.2, 0.25) is 0 Å². The maximum Gasteiger partial charge on any atom is 0.334 e. The van der Waals surface area contributed by atoms with Gasteiger partial charge in [0.15, 0.2) is 5.65 Å². The average molecular weight is 386 g/mol. The number of hydrogen-bond acceptors (Lipinski definition) is 4. The van der Waals surface area contributed by atoms with Crippen molar-refractivity contribution in [2.24, 2.45) is 0 Å². The first-order chi connectivity index (χ1) is 11.3. The van der Waals surface area contributed by atoms with E-state index in [2.05, 4.69) is 15.0 Å². The van der Waals surface area contributed by atoms with Gasteiger partial charge in [-0.2, -0.15) is 0 Å². The van der Waals surface area contributed by atoms with Crippen LogP contribution >= 0.6 is 34.8 Å². The first-order valence-corrected chi connectivity index (χ1v) is 8.10. The van der Waals surface area contributed by atoms with Crippen LogP contribution in [0.2, 0.25) is 15.2 Å². The van der Waals surface area contributed by atoms with Gasteiger partial charge in [-0.3, -0.25) is 14.8 Å². The first kappa shape index (κ1) is 17.0. The number of fused-ring (bicyclic) bond motifs is 1. The molecular formula is C15H11Cl3N4O2. The van der Waals surface area contributed by atoms with Crippen molar-refractivity contribution in [3.8, 4) is 5.69 Å². The molecule has 0 saturated carbocycles. The number of H-pyrrole nitrogens is 1. The van der Waals surface area contributed by atoms with Gasteiger partial charge in [0.05, 0.1) is 26.8 Å². The van der Waals surface area contributed by atoms with Crippen LogP contribution < -0.4 is 11.2 Å². The summed E-state index contributed by atoms with van der Waals surface area (Å²) in [7, 11) is 0. The molecule has 24 heavy (non-hydrogen) atoms. The molecule has 3 heterocycles. The molecule has 0 aliphatic carbocycles. The van der Waals surface area contributed by atoms with Gasteiger partial charge in [-0.05, 0) is 18.1 Å². The zero-order chi connectivity index (χ0) is 17.6. The molecule has 3 rings (SSSR count). The zero-order valence-electron chi connectivity index (χ0n) is 12.6. The van der Waals surface area contributed by atoms with E-state index in [0.717, 1.165) is 0 Å². The monoisotopic (exact) mass is 384 g/mol. The Morgan fingerprint density at radius 1 is 1.17 bits per heavy atom. The maximum absolute atomic E-state index is 12.5. The highest BCUT2D eigenvalue weighted by Crippen LogP contribution is 2.29. The van der Waals surface area contributed by atoms with Crippen LogP contribution in [0.25, 0.3) is 16.7 Å². The van der Waals surface area contributed by atoms with Gasteiger partial charge in [0.25, 0.3) is 5.56 Å². The fourth-order valence-electron chi connectivity index (χ4n) is 2.41. The number of rotatable bonds is 2. The Kier molecular flexibility index (Phi) is 4.38. The molecule has 6 nitrogen and oxygen atoms in total. The van der Waals surface area contributed by atoms with Gasteiger partial charge in [-0.1, -0.05) is 48.7 Å². The van der Waals surface area contributed by atoms with Crippen molar-refractivity contribution in [2.75, 3.05) is 0 Å². The molecule has 0 amide bonds. The van der Waals surface area contributed by atoms with E-state index in [1.807, 2.05) is 13.8 Å². The van der Waals surface area contributed by atoms with Crippen LogP contribution in [0.4, 0.5) is 0 Å². The van der Waals surface area contributed by atoms with Crippen LogP contribution in [0.3, 0.4) is 0 Å². The van der Waals surface area contributed by atoms with Gasteiger partial charge < -0.3 is 0 Å². The maximum atomic E-state index is 12.5. The van der Waals surface area contributed by atoms with Crippen molar-refractivity contribution in [3.63, 3.8) is 0 Å². The molecule has 0 radical (unpaired) electrons. The Hall–Kier alpha value is -1.89. The number of aromatic amines is 1. The van der Waals surface area contributed by atoms with Crippen LogP contribution in [-0.2, 0) is 0 Å². The number of hydrogen-bond donors (Lipinski definition) is 1. The molecule has 124 valence electrons. The molecular weight excluding hydrogens is 375 g/mol. The van der Waals surface area contributed by atoms with Gasteiger partial charge in [0, 0.05) is 6.20 Å². The number of pyridine rings is 2. The minimum absolute atomic E-state index is 0.0182. The van der Waals surface area contributed by atoms with Crippen molar-refractivity contribution in [1.82, 2.24) is 19.5 Å². The van der Waals surface area contributed by atoms with Gasteiger partial charge >= 0.3 is 5.69 Å². The van der Waals surface area contributed by atoms with Crippen LogP contribution in [-0.4, -0.2) is 19.5 Å². The third-order valence-corrected chi connectivity index (χ3v) is 4.44. The summed E-state index contributed by atoms with van der Waals surface area (Å²) < 4.78 is 1.20. The van der Waals surface area contributed by atoms with Crippen molar-refractivity contribution in [2.45, 2.75) is 19.8 Å². The van der Waals surface area contributed by atoms with Gasteiger partial charge in [0.1, 0.15) is 5.15 Å². The van der Waals surface area contributed by atoms with Crippen LogP contribution in [0.1, 0.15) is 25.5 Å². The summed E-state index contributed by atoms with van der Waals surface area (Å²) in [5.41, 5.74) is -0.286. The van der Waals surface area contributed by atoms with E-state index in [-0.39, 0.29) is 27.1 Å². The summed E-state index contributed by atoms with van der Waals surface area (Å²) in [6, 6.07) is 2.92. The molecule has 0 atom stereocenters. The smallest absolute Gasteiger partial charge is 0.273 e. The van der Waals surface area contributed by atoms with E-state index in [0.29, 0.717) is 16.4 Å². The second-order valence-corrected chi connectivity index (χ2v) is 6.58. The molecule has 0 fully saturated rings. The minimum Gasteiger partial charge on any atom is -0.273 e. The highest BCUT2D eigenvalue weighted by Gasteiger charge is 2.20. The van der Waals surface area contributed by atoms with Gasteiger partial charge in [-0.25, -0.2) is 14.3 Å². The first-order valence-electron chi connectivity index (χ1n) is 6.97. The minimum atomic E-state index is -0.685. The topological polar surface area (TPSA) is 80.6 Å². The molecule has 3 aromatic heterocycles. The zero-order valence-corrected chi connectivity index (χ0v) is 14.9. The van der Waals surface area contributed by atoms with Crippen LogP contribution in [0.15, 0.2) is 27.9 Å². The predicted molar refractivity (Wildman–Crippen MR) is 94.9 cm³/mol. The number of nitrogens with zero attached hydrogens (tertiary/aromatic N) is 3. The quantitative estimate of drug-likeness (QED) is 0.684. The third kappa shape index (κ3) is 2.70. The molecule has 9 heteroatoms. The SMILES string of the molecule is CC(C)c1nccc(Cl)c1-n1c(=O)[nH]c(=O)c2cc(Cl)c(Cl)nc21.